The first-order valence-electron chi connectivity index (χ1n) is 15.3. The van der Waals surface area contributed by atoms with Gasteiger partial charge in [0, 0.05) is 5.41 Å². The van der Waals surface area contributed by atoms with Crippen molar-refractivity contribution in [1.29, 1.82) is 0 Å². The van der Waals surface area contributed by atoms with Crippen molar-refractivity contribution in [2.24, 2.45) is 0 Å². The van der Waals surface area contributed by atoms with Gasteiger partial charge in [0.2, 0.25) is 0 Å². The summed E-state index contributed by atoms with van der Waals surface area (Å²) in [5.74, 6) is 1.66. The molecule has 0 aliphatic heterocycles. The summed E-state index contributed by atoms with van der Waals surface area (Å²) in [7, 11) is 0. The summed E-state index contributed by atoms with van der Waals surface area (Å²) in [4.78, 5) is 0. The molecule has 6 rings (SSSR count). The molecule has 1 aliphatic rings. The summed E-state index contributed by atoms with van der Waals surface area (Å²) in [5, 5.41) is 7.60. The highest BCUT2D eigenvalue weighted by molar-refractivity contribution is 6.07. The molecule has 5 aromatic carbocycles. The first kappa shape index (κ1) is 29.1. The first-order valence-corrected chi connectivity index (χ1v) is 15.3. The summed E-state index contributed by atoms with van der Waals surface area (Å²) in [6.07, 6.45) is 12.8. The summed E-state index contributed by atoms with van der Waals surface area (Å²) < 4.78 is 22.7. The SMILES string of the molecule is CC=COCCOc1ccc(C2(c3ccc(OCCOC=CC)cc3)C=c3c(ccc4c3ccc3ccccc34)=CC2)cc1. The van der Waals surface area contributed by atoms with E-state index in [2.05, 4.69) is 109 Å². The highest BCUT2D eigenvalue weighted by atomic mass is 16.5. The molecule has 0 amide bonds. The number of ether oxygens (including phenoxy) is 4. The van der Waals surface area contributed by atoms with Gasteiger partial charge in [-0.3, -0.25) is 0 Å². The quantitative estimate of drug-likeness (QED) is 0.0855. The van der Waals surface area contributed by atoms with E-state index >= 15 is 0 Å². The molecule has 0 bridgehead atoms. The number of allylic oxidation sites excluding steroid dienone is 2. The van der Waals surface area contributed by atoms with E-state index in [-0.39, 0.29) is 5.41 Å². The molecule has 4 nitrogen and oxygen atoms in total. The molecule has 0 fully saturated rings. The fourth-order valence-corrected chi connectivity index (χ4v) is 6.05. The van der Waals surface area contributed by atoms with Crippen LogP contribution < -0.4 is 19.9 Å². The number of hydrogen-bond acceptors (Lipinski definition) is 4. The summed E-state index contributed by atoms with van der Waals surface area (Å²) >= 11 is 0. The van der Waals surface area contributed by atoms with Crippen molar-refractivity contribution in [2.45, 2.75) is 25.7 Å². The van der Waals surface area contributed by atoms with E-state index in [0.29, 0.717) is 26.4 Å². The predicted octanol–water partition coefficient (Wildman–Crippen LogP) is 7.80. The Labute approximate surface area is 259 Å². The zero-order valence-electron chi connectivity index (χ0n) is 25.4. The number of fused-ring (bicyclic) bond motifs is 5. The Morgan fingerprint density at radius 3 is 1.80 bits per heavy atom. The van der Waals surface area contributed by atoms with E-state index < -0.39 is 0 Å². The number of hydrogen-bond donors (Lipinski definition) is 0. The molecule has 0 saturated carbocycles. The van der Waals surface area contributed by atoms with Gasteiger partial charge in [-0.1, -0.05) is 97.1 Å². The van der Waals surface area contributed by atoms with Crippen LogP contribution in [-0.2, 0) is 14.9 Å². The van der Waals surface area contributed by atoms with Crippen LogP contribution in [0.4, 0.5) is 0 Å². The van der Waals surface area contributed by atoms with Crippen molar-refractivity contribution in [3.8, 4) is 11.5 Å². The van der Waals surface area contributed by atoms with Gasteiger partial charge in [0.15, 0.2) is 0 Å². The maximum atomic E-state index is 5.96. The van der Waals surface area contributed by atoms with Crippen molar-refractivity contribution < 1.29 is 18.9 Å². The van der Waals surface area contributed by atoms with Crippen LogP contribution in [0, 0.1) is 0 Å². The molecular formula is C40H38O4. The molecule has 222 valence electrons. The van der Waals surface area contributed by atoms with Crippen molar-refractivity contribution in [1.82, 2.24) is 0 Å². The number of benzene rings is 5. The Bertz CT molecular complexity index is 1840. The first-order chi connectivity index (χ1) is 21.7. The molecule has 0 aromatic heterocycles. The van der Waals surface area contributed by atoms with Crippen molar-refractivity contribution >= 4 is 33.7 Å². The van der Waals surface area contributed by atoms with Gasteiger partial charge in [0.1, 0.15) is 37.9 Å². The summed E-state index contributed by atoms with van der Waals surface area (Å²) in [6.45, 7) is 5.86. The molecular weight excluding hydrogens is 544 g/mol. The topological polar surface area (TPSA) is 36.9 Å². The van der Waals surface area contributed by atoms with Gasteiger partial charge in [-0.2, -0.15) is 0 Å². The molecule has 0 N–H and O–H groups in total. The van der Waals surface area contributed by atoms with Crippen LogP contribution >= 0.6 is 0 Å². The molecule has 0 radical (unpaired) electrons. The lowest BCUT2D eigenvalue weighted by Crippen LogP contribution is -2.37. The van der Waals surface area contributed by atoms with E-state index in [1.165, 1.54) is 43.1 Å². The van der Waals surface area contributed by atoms with E-state index in [4.69, 9.17) is 18.9 Å². The number of rotatable bonds is 12. The molecule has 0 saturated heterocycles. The van der Waals surface area contributed by atoms with Gasteiger partial charge in [-0.25, -0.2) is 0 Å². The molecule has 0 spiro atoms. The lowest BCUT2D eigenvalue weighted by molar-refractivity contribution is 0.178. The molecule has 0 atom stereocenters. The van der Waals surface area contributed by atoms with E-state index in [1.54, 1.807) is 12.5 Å². The zero-order chi connectivity index (χ0) is 30.2. The van der Waals surface area contributed by atoms with Gasteiger partial charge >= 0.3 is 0 Å². The highest BCUT2D eigenvalue weighted by Gasteiger charge is 2.33. The minimum absolute atomic E-state index is 0.367. The minimum atomic E-state index is -0.367. The third kappa shape index (κ3) is 6.07. The summed E-state index contributed by atoms with van der Waals surface area (Å²) in [6, 6.07) is 34.7. The lowest BCUT2D eigenvalue weighted by Gasteiger charge is -2.33. The van der Waals surface area contributed by atoms with Crippen LogP contribution in [0.5, 0.6) is 11.5 Å². The Morgan fingerprint density at radius 1 is 0.591 bits per heavy atom. The van der Waals surface area contributed by atoms with Gasteiger partial charge in [-0.15, -0.1) is 0 Å². The van der Waals surface area contributed by atoms with Gasteiger partial charge in [0.25, 0.3) is 0 Å². The second-order valence-electron chi connectivity index (χ2n) is 10.9. The molecule has 0 heterocycles. The minimum Gasteiger partial charge on any atom is -0.498 e. The Balaban J connectivity index is 1.40. The lowest BCUT2D eigenvalue weighted by atomic mass is 9.69. The molecule has 1 aliphatic carbocycles. The second-order valence-corrected chi connectivity index (χ2v) is 10.9. The average Bonchev–Trinajstić information content (AvgIpc) is 3.08. The Morgan fingerprint density at radius 2 is 1.18 bits per heavy atom. The fraction of sp³-hybridized carbons (Fsp3) is 0.200. The Kier molecular flexibility index (Phi) is 8.98. The van der Waals surface area contributed by atoms with Gasteiger partial charge < -0.3 is 18.9 Å². The molecule has 4 heteroatoms. The largest absolute Gasteiger partial charge is 0.498 e. The van der Waals surface area contributed by atoms with Crippen LogP contribution in [0.1, 0.15) is 31.4 Å². The van der Waals surface area contributed by atoms with E-state index in [0.717, 1.165) is 17.9 Å². The molecule has 5 aromatic rings. The zero-order valence-corrected chi connectivity index (χ0v) is 25.4. The maximum Gasteiger partial charge on any atom is 0.122 e. The van der Waals surface area contributed by atoms with Crippen molar-refractivity contribution in [3.63, 3.8) is 0 Å². The van der Waals surface area contributed by atoms with Crippen LogP contribution in [-0.4, -0.2) is 26.4 Å². The van der Waals surface area contributed by atoms with Gasteiger partial charge in [0.05, 0.1) is 12.5 Å². The standard InChI is InChI=1S/C40H38O4/c1-3-23-41-25-27-43-34-15-11-32(12-16-34)40(33-13-17-35(18-14-33)44-28-26-42-24-4-2)22-21-31-10-19-37-36-8-6-5-7-30(36)9-20-38(37)39(31)29-40/h3-21,23-24,29H,22,25-28H2,1-2H3. The van der Waals surface area contributed by atoms with Crippen LogP contribution in [0.3, 0.4) is 0 Å². The van der Waals surface area contributed by atoms with Crippen LogP contribution in [0.25, 0.3) is 33.7 Å². The third-order valence-electron chi connectivity index (χ3n) is 8.18. The average molecular weight is 583 g/mol. The highest BCUT2D eigenvalue weighted by Crippen LogP contribution is 2.40. The van der Waals surface area contributed by atoms with Crippen molar-refractivity contribution in [3.05, 3.63) is 143 Å². The predicted molar refractivity (Wildman–Crippen MR) is 180 cm³/mol. The molecule has 0 unspecified atom stereocenters. The smallest absolute Gasteiger partial charge is 0.122 e. The second kappa shape index (κ2) is 13.6. The van der Waals surface area contributed by atoms with E-state index in [9.17, 15) is 0 Å². The van der Waals surface area contributed by atoms with Crippen LogP contribution in [0.15, 0.2) is 122 Å². The fourth-order valence-electron chi connectivity index (χ4n) is 6.05. The summed E-state index contributed by atoms with van der Waals surface area (Å²) in [5.41, 5.74) is 2.06. The third-order valence-corrected chi connectivity index (χ3v) is 8.18. The van der Waals surface area contributed by atoms with Crippen molar-refractivity contribution in [2.75, 3.05) is 26.4 Å². The van der Waals surface area contributed by atoms with Crippen LogP contribution in [0.2, 0.25) is 0 Å². The normalized spacial score (nSPS) is 16.0. The van der Waals surface area contributed by atoms with Gasteiger partial charge in [-0.05, 0) is 87.6 Å². The van der Waals surface area contributed by atoms with E-state index in [1.807, 2.05) is 26.0 Å². The molecule has 44 heavy (non-hydrogen) atoms. The maximum absolute atomic E-state index is 5.96. The Hall–Kier alpha value is -4.96. The monoisotopic (exact) mass is 582 g/mol.